The fourth-order valence-corrected chi connectivity index (χ4v) is 2.31. The third kappa shape index (κ3) is 3.77. The molecule has 112 valence electrons. The van der Waals surface area contributed by atoms with Crippen LogP contribution in [0.1, 0.15) is 16.7 Å². The van der Waals surface area contributed by atoms with Crippen molar-refractivity contribution < 1.29 is 23.0 Å². The van der Waals surface area contributed by atoms with Crippen LogP contribution in [0, 0.1) is 6.92 Å². The van der Waals surface area contributed by atoms with Gasteiger partial charge in [0.1, 0.15) is 11.5 Å². The topological polar surface area (TPSA) is 29.5 Å². The molecular weight excluding hydrogens is 349 g/mol. The van der Waals surface area contributed by atoms with Crippen LogP contribution in [-0.2, 0) is 12.8 Å². The van der Waals surface area contributed by atoms with Crippen molar-refractivity contribution in [2.75, 3.05) is 0 Å². The van der Waals surface area contributed by atoms with E-state index in [2.05, 4.69) is 15.9 Å². The summed E-state index contributed by atoms with van der Waals surface area (Å²) in [6, 6.07) is 8.56. The Morgan fingerprint density at radius 2 is 1.76 bits per heavy atom. The molecule has 0 unspecified atom stereocenters. The Hall–Kier alpha value is -1.53. The summed E-state index contributed by atoms with van der Waals surface area (Å²) in [5.74, 6) is 0.0607. The summed E-state index contributed by atoms with van der Waals surface area (Å²) >= 11 is 3.28. The van der Waals surface area contributed by atoms with Crippen LogP contribution in [0.3, 0.4) is 0 Å². The maximum Gasteiger partial charge on any atom is 0.419 e. The highest BCUT2D eigenvalue weighted by Crippen LogP contribution is 2.39. The Morgan fingerprint density at radius 3 is 2.33 bits per heavy atom. The number of rotatable bonds is 3. The maximum absolute atomic E-state index is 13.1. The lowest BCUT2D eigenvalue weighted by Gasteiger charge is -2.16. The first-order valence-electron chi connectivity index (χ1n) is 6.06. The molecule has 0 spiro atoms. The van der Waals surface area contributed by atoms with Gasteiger partial charge in [0.25, 0.3) is 0 Å². The highest BCUT2D eigenvalue weighted by molar-refractivity contribution is 9.10. The molecule has 1 N–H and O–H groups in total. The van der Waals surface area contributed by atoms with E-state index in [0.29, 0.717) is 11.3 Å². The van der Waals surface area contributed by atoms with E-state index < -0.39 is 18.3 Å². The molecule has 0 aliphatic carbocycles. The van der Waals surface area contributed by atoms with Gasteiger partial charge in [0.2, 0.25) is 0 Å². The van der Waals surface area contributed by atoms with E-state index in [1.54, 1.807) is 25.1 Å². The molecular formula is C15H12BrF3O2. The van der Waals surface area contributed by atoms with Gasteiger partial charge in [0, 0.05) is 4.47 Å². The third-order valence-electron chi connectivity index (χ3n) is 2.89. The fraction of sp³-hybridized carbons (Fsp3) is 0.200. The van der Waals surface area contributed by atoms with Gasteiger partial charge in [-0.15, -0.1) is 0 Å². The number of hydrogen-bond acceptors (Lipinski definition) is 2. The van der Waals surface area contributed by atoms with Crippen molar-refractivity contribution in [2.45, 2.75) is 19.7 Å². The standard InChI is InChI=1S/C15H12BrF3O2/c1-9-6-11(16)3-5-13(9)21-14-4-2-10(8-20)7-12(14)15(17,18)19/h2-7,20H,8H2,1H3. The summed E-state index contributed by atoms with van der Waals surface area (Å²) in [5.41, 5.74) is -0.0118. The summed E-state index contributed by atoms with van der Waals surface area (Å²) in [6.45, 7) is 1.29. The summed E-state index contributed by atoms with van der Waals surface area (Å²) in [6.07, 6.45) is -4.55. The van der Waals surface area contributed by atoms with Crippen molar-refractivity contribution in [3.8, 4) is 11.5 Å². The van der Waals surface area contributed by atoms with Gasteiger partial charge in [-0.05, 0) is 48.4 Å². The van der Waals surface area contributed by atoms with E-state index in [1.807, 2.05) is 0 Å². The zero-order valence-corrected chi connectivity index (χ0v) is 12.6. The molecule has 2 aromatic rings. The number of aliphatic hydroxyl groups excluding tert-OH is 1. The Labute approximate surface area is 128 Å². The molecule has 0 aliphatic heterocycles. The maximum atomic E-state index is 13.1. The molecule has 0 saturated heterocycles. The first-order chi connectivity index (χ1) is 9.81. The Bertz CT molecular complexity index is 654. The lowest BCUT2D eigenvalue weighted by atomic mass is 10.1. The van der Waals surface area contributed by atoms with E-state index in [9.17, 15) is 13.2 Å². The van der Waals surface area contributed by atoms with Crippen molar-refractivity contribution in [1.29, 1.82) is 0 Å². The molecule has 0 amide bonds. The van der Waals surface area contributed by atoms with Gasteiger partial charge in [0.15, 0.2) is 0 Å². The monoisotopic (exact) mass is 360 g/mol. The fourth-order valence-electron chi connectivity index (χ4n) is 1.83. The number of halogens is 4. The summed E-state index contributed by atoms with van der Waals surface area (Å²) in [7, 11) is 0. The van der Waals surface area contributed by atoms with Crippen LogP contribution in [0.5, 0.6) is 11.5 Å². The lowest BCUT2D eigenvalue weighted by Crippen LogP contribution is -2.08. The van der Waals surface area contributed by atoms with Crippen molar-refractivity contribution in [3.63, 3.8) is 0 Å². The van der Waals surface area contributed by atoms with Gasteiger partial charge in [-0.1, -0.05) is 22.0 Å². The molecule has 0 bridgehead atoms. The van der Waals surface area contributed by atoms with E-state index in [0.717, 1.165) is 10.5 Å². The third-order valence-corrected chi connectivity index (χ3v) is 3.38. The minimum atomic E-state index is -4.55. The predicted molar refractivity (Wildman–Crippen MR) is 76.3 cm³/mol. The van der Waals surface area contributed by atoms with E-state index in [-0.39, 0.29) is 11.3 Å². The number of ether oxygens (including phenoxy) is 1. The molecule has 0 saturated carbocycles. The molecule has 0 aromatic heterocycles. The van der Waals surface area contributed by atoms with Gasteiger partial charge in [-0.25, -0.2) is 0 Å². The lowest BCUT2D eigenvalue weighted by molar-refractivity contribution is -0.138. The van der Waals surface area contributed by atoms with E-state index in [4.69, 9.17) is 9.84 Å². The van der Waals surface area contributed by atoms with Crippen molar-refractivity contribution in [3.05, 3.63) is 57.6 Å². The zero-order valence-electron chi connectivity index (χ0n) is 11.0. The highest BCUT2D eigenvalue weighted by Gasteiger charge is 2.35. The molecule has 0 fully saturated rings. The molecule has 2 aromatic carbocycles. The average molecular weight is 361 g/mol. The predicted octanol–water partition coefficient (Wildman–Crippen LogP) is 5.06. The Morgan fingerprint density at radius 1 is 1.10 bits per heavy atom. The highest BCUT2D eigenvalue weighted by atomic mass is 79.9. The van der Waals surface area contributed by atoms with Crippen LogP contribution < -0.4 is 4.74 Å². The molecule has 0 aliphatic rings. The number of aliphatic hydroxyl groups is 1. The minimum Gasteiger partial charge on any atom is -0.456 e. The largest absolute Gasteiger partial charge is 0.456 e. The summed E-state index contributed by atoms with van der Waals surface area (Å²) in [5, 5.41) is 8.97. The van der Waals surface area contributed by atoms with Gasteiger partial charge in [-0.2, -0.15) is 13.2 Å². The molecule has 6 heteroatoms. The van der Waals surface area contributed by atoms with E-state index >= 15 is 0 Å². The van der Waals surface area contributed by atoms with Crippen LogP contribution in [0.4, 0.5) is 13.2 Å². The zero-order chi connectivity index (χ0) is 15.6. The van der Waals surface area contributed by atoms with Crippen LogP contribution in [0.25, 0.3) is 0 Å². The molecule has 2 nitrogen and oxygen atoms in total. The molecule has 0 radical (unpaired) electrons. The van der Waals surface area contributed by atoms with Gasteiger partial charge in [-0.3, -0.25) is 0 Å². The smallest absolute Gasteiger partial charge is 0.419 e. The molecule has 21 heavy (non-hydrogen) atoms. The van der Waals surface area contributed by atoms with Crippen LogP contribution in [0.2, 0.25) is 0 Å². The quantitative estimate of drug-likeness (QED) is 0.828. The van der Waals surface area contributed by atoms with Crippen molar-refractivity contribution >= 4 is 15.9 Å². The van der Waals surface area contributed by atoms with Gasteiger partial charge < -0.3 is 9.84 Å². The second kappa shape index (κ2) is 6.07. The molecule has 0 atom stereocenters. The molecule has 0 heterocycles. The number of alkyl halides is 3. The van der Waals surface area contributed by atoms with Gasteiger partial charge >= 0.3 is 6.18 Å². The first kappa shape index (κ1) is 15.9. The van der Waals surface area contributed by atoms with Crippen LogP contribution in [-0.4, -0.2) is 5.11 Å². The van der Waals surface area contributed by atoms with Crippen molar-refractivity contribution in [1.82, 2.24) is 0 Å². The minimum absolute atomic E-state index is 0.183. The number of hydrogen-bond donors (Lipinski definition) is 1. The van der Waals surface area contributed by atoms with Crippen LogP contribution >= 0.6 is 15.9 Å². The number of aryl methyl sites for hydroxylation is 1. The molecule has 2 rings (SSSR count). The van der Waals surface area contributed by atoms with Gasteiger partial charge in [0.05, 0.1) is 12.2 Å². The Kier molecular flexibility index (Phi) is 4.58. The second-order valence-corrected chi connectivity index (χ2v) is 5.41. The first-order valence-corrected chi connectivity index (χ1v) is 6.85. The summed E-state index contributed by atoms with van der Waals surface area (Å²) in [4.78, 5) is 0. The van der Waals surface area contributed by atoms with Crippen LogP contribution in [0.15, 0.2) is 40.9 Å². The number of benzene rings is 2. The van der Waals surface area contributed by atoms with E-state index in [1.165, 1.54) is 12.1 Å². The summed E-state index contributed by atoms with van der Waals surface area (Å²) < 4.78 is 45.4. The normalized spacial score (nSPS) is 11.5. The Balaban J connectivity index is 2.44. The second-order valence-electron chi connectivity index (χ2n) is 4.50. The van der Waals surface area contributed by atoms with Crippen molar-refractivity contribution in [2.24, 2.45) is 0 Å². The average Bonchev–Trinajstić information content (AvgIpc) is 2.41. The SMILES string of the molecule is Cc1cc(Br)ccc1Oc1ccc(CO)cc1C(F)(F)F.